The third-order valence-corrected chi connectivity index (χ3v) is 4.88. The standard InChI is InChI=1S/C22H30N2O3/c1-15(2)14-24-21(25)19(17-8-10-18(11-9-17)27-16(3)4)20(22(24)26)23-12-6-5-7-13-23/h8-11,15-16H,5-7,12-14H2,1-4H3. The van der Waals surface area contributed by atoms with Gasteiger partial charge >= 0.3 is 0 Å². The highest BCUT2D eigenvalue weighted by atomic mass is 16.5. The number of amides is 2. The molecule has 0 atom stereocenters. The number of carbonyl (C=O) groups excluding carboxylic acids is 2. The Morgan fingerprint density at radius 3 is 2.11 bits per heavy atom. The van der Waals surface area contributed by atoms with Crippen LogP contribution in [-0.2, 0) is 9.59 Å². The highest BCUT2D eigenvalue weighted by molar-refractivity contribution is 6.35. The molecule has 0 bridgehead atoms. The van der Waals surface area contributed by atoms with Gasteiger partial charge in [0.15, 0.2) is 0 Å². The van der Waals surface area contributed by atoms with E-state index in [2.05, 4.69) is 4.90 Å². The second-order valence-corrected chi connectivity index (χ2v) is 8.08. The maximum atomic E-state index is 13.2. The van der Waals surface area contributed by atoms with Crippen molar-refractivity contribution < 1.29 is 14.3 Å². The first-order chi connectivity index (χ1) is 12.9. The molecule has 1 aromatic carbocycles. The van der Waals surface area contributed by atoms with Crippen LogP contribution in [0.4, 0.5) is 0 Å². The van der Waals surface area contributed by atoms with E-state index >= 15 is 0 Å². The van der Waals surface area contributed by atoms with Crippen molar-refractivity contribution in [2.75, 3.05) is 19.6 Å². The van der Waals surface area contributed by atoms with E-state index in [1.54, 1.807) is 0 Å². The molecule has 2 heterocycles. The quantitative estimate of drug-likeness (QED) is 0.717. The molecule has 0 saturated carbocycles. The smallest absolute Gasteiger partial charge is 0.277 e. The van der Waals surface area contributed by atoms with E-state index in [-0.39, 0.29) is 23.8 Å². The van der Waals surface area contributed by atoms with E-state index in [0.717, 1.165) is 37.2 Å². The highest BCUT2D eigenvalue weighted by Crippen LogP contribution is 2.34. The number of piperidine rings is 1. The molecule has 0 aliphatic carbocycles. The molecule has 2 aliphatic heterocycles. The maximum Gasteiger partial charge on any atom is 0.277 e. The number of rotatable bonds is 6. The van der Waals surface area contributed by atoms with Gasteiger partial charge in [-0.05, 0) is 56.7 Å². The van der Waals surface area contributed by atoms with Crippen LogP contribution in [0.1, 0.15) is 52.5 Å². The molecule has 5 nitrogen and oxygen atoms in total. The van der Waals surface area contributed by atoms with E-state index in [9.17, 15) is 9.59 Å². The van der Waals surface area contributed by atoms with Gasteiger partial charge in [0.1, 0.15) is 11.4 Å². The van der Waals surface area contributed by atoms with Crippen molar-refractivity contribution in [2.45, 2.75) is 53.1 Å². The zero-order chi connectivity index (χ0) is 19.6. The number of ether oxygens (including phenoxy) is 1. The van der Waals surface area contributed by atoms with Crippen LogP contribution in [0, 0.1) is 5.92 Å². The summed E-state index contributed by atoms with van der Waals surface area (Å²) in [6.45, 7) is 10.1. The predicted molar refractivity (Wildman–Crippen MR) is 106 cm³/mol. The average molecular weight is 370 g/mol. The molecule has 1 fully saturated rings. The lowest BCUT2D eigenvalue weighted by Gasteiger charge is -2.29. The molecule has 1 saturated heterocycles. The summed E-state index contributed by atoms with van der Waals surface area (Å²) in [4.78, 5) is 29.8. The third kappa shape index (κ3) is 4.18. The van der Waals surface area contributed by atoms with Crippen molar-refractivity contribution in [3.8, 4) is 5.75 Å². The van der Waals surface area contributed by atoms with Crippen LogP contribution in [-0.4, -0.2) is 47.4 Å². The van der Waals surface area contributed by atoms with Crippen molar-refractivity contribution in [1.29, 1.82) is 0 Å². The fourth-order valence-corrected chi connectivity index (χ4v) is 3.74. The molecule has 0 spiro atoms. The van der Waals surface area contributed by atoms with Gasteiger partial charge in [0.05, 0.1) is 11.7 Å². The Labute approximate surface area is 162 Å². The van der Waals surface area contributed by atoms with Gasteiger partial charge in [-0.25, -0.2) is 0 Å². The minimum atomic E-state index is -0.174. The lowest BCUT2D eigenvalue weighted by atomic mass is 10.0. The lowest BCUT2D eigenvalue weighted by molar-refractivity contribution is -0.138. The summed E-state index contributed by atoms with van der Waals surface area (Å²) in [5.41, 5.74) is 1.91. The minimum Gasteiger partial charge on any atom is -0.491 e. The fourth-order valence-electron chi connectivity index (χ4n) is 3.74. The fraction of sp³-hybridized carbons (Fsp3) is 0.545. The molecule has 5 heteroatoms. The Morgan fingerprint density at radius 1 is 0.926 bits per heavy atom. The van der Waals surface area contributed by atoms with E-state index in [0.29, 0.717) is 17.8 Å². The van der Waals surface area contributed by atoms with Crippen molar-refractivity contribution in [2.24, 2.45) is 5.92 Å². The second kappa shape index (κ2) is 8.15. The van der Waals surface area contributed by atoms with E-state index in [1.807, 2.05) is 52.0 Å². The van der Waals surface area contributed by atoms with Crippen molar-refractivity contribution in [1.82, 2.24) is 9.80 Å². The second-order valence-electron chi connectivity index (χ2n) is 8.08. The summed E-state index contributed by atoms with van der Waals surface area (Å²) < 4.78 is 5.71. The number of hydrogen-bond acceptors (Lipinski definition) is 4. The van der Waals surface area contributed by atoms with E-state index in [4.69, 9.17) is 4.74 Å². The van der Waals surface area contributed by atoms with Crippen LogP contribution in [0.3, 0.4) is 0 Å². The van der Waals surface area contributed by atoms with Crippen molar-refractivity contribution >= 4 is 17.4 Å². The molecule has 146 valence electrons. The lowest BCUT2D eigenvalue weighted by Crippen LogP contribution is -2.38. The Kier molecular flexibility index (Phi) is 5.88. The minimum absolute atomic E-state index is 0.0928. The first-order valence-corrected chi connectivity index (χ1v) is 10.0. The van der Waals surface area contributed by atoms with Crippen LogP contribution in [0.15, 0.2) is 30.0 Å². The van der Waals surface area contributed by atoms with Crippen LogP contribution in [0.25, 0.3) is 5.57 Å². The monoisotopic (exact) mass is 370 g/mol. The number of imide groups is 1. The summed E-state index contributed by atoms with van der Waals surface area (Å²) in [5, 5.41) is 0. The summed E-state index contributed by atoms with van der Waals surface area (Å²) >= 11 is 0. The Bertz CT molecular complexity index is 728. The topological polar surface area (TPSA) is 49.9 Å². The van der Waals surface area contributed by atoms with Crippen molar-refractivity contribution in [3.63, 3.8) is 0 Å². The van der Waals surface area contributed by atoms with Crippen LogP contribution in [0.2, 0.25) is 0 Å². The van der Waals surface area contributed by atoms with Crippen LogP contribution in [0.5, 0.6) is 5.75 Å². The van der Waals surface area contributed by atoms with Gasteiger partial charge in [-0.3, -0.25) is 14.5 Å². The zero-order valence-corrected chi connectivity index (χ0v) is 16.8. The molecule has 27 heavy (non-hydrogen) atoms. The molecule has 3 rings (SSSR count). The molecule has 2 aliphatic rings. The van der Waals surface area contributed by atoms with Gasteiger partial charge in [0.25, 0.3) is 11.8 Å². The van der Waals surface area contributed by atoms with Gasteiger partial charge in [0, 0.05) is 19.6 Å². The molecule has 0 radical (unpaired) electrons. The molecule has 1 aromatic rings. The van der Waals surface area contributed by atoms with Gasteiger partial charge in [-0.2, -0.15) is 0 Å². The third-order valence-electron chi connectivity index (χ3n) is 4.88. The molecule has 0 unspecified atom stereocenters. The Hall–Kier alpha value is -2.30. The predicted octanol–water partition coefficient (Wildman–Crippen LogP) is 3.70. The molecular weight excluding hydrogens is 340 g/mol. The number of carbonyl (C=O) groups is 2. The Balaban J connectivity index is 1.98. The Morgan fingerprint density at radius 2 is 1.56 bits per heavy atom. The van der Waals surface area contributed by atoms with Gasteiger partial charge in [0.2, 0.25) is 0 Å². The first-order valence-electron chi connectivity index (χ1n) is 10.0. The average Bonchev–Trinajstić information content (AvgIpc) is 2.87. The zero-order valence-electron chi connectivity index (χ0n) is 16.8. The summed E-state index contributed by atoms with van der Waals surface area (Å²) in [6, 6.07) is 7.53. The molecule has 0 N–H and O–H groups in total. The maximum absolute atomic E-state index is 13.2. The summed E-state index contributed by atoms with van der Waals surface area (Å²) in [7, 11) is 0. The molecule has 2 amide bonds. The highest BCUT2D eigenvalue weighted by Gasteiger charge is 2.41. The van der Waals surface area contributed by atoms with Gasteiger partial charge in [-0.15, -0.1) is 0 Å². The SMILES string of the molecule is CC(C)CN1C(=O)C(c2ccc(OC(C)C)cc2)=C(N2CCCCC2)C1=O. The van der Waals surface area contributed by atoms with Gasteiger partial charge < -0.3 is 9.64 Å². The summed E-state index contributed by atoms with van der Waals surface area (Å²) in [6.07, 6.45) is 3.39. The van der Waals surface area contributed by atoms with E-state index < -0.39 is 0 Å². The van der Waals surface area contributed by atoms with Crippen molar-refractivity contribution in [3.05, 3.63) is 35.5 Å². The van der Waals surface area contributed by atoms with E-state index in [1.165, 1.54) is 11.3 Å². The van der Waals surface area contributed by atoms with Gasteiger partial charge in [-0.1, -0.05) is 26.0 Å². The van der Waals surface area contributed by atoms with Crippen LogP contribution >= 0.6 is 0 Å². The number of hydrogen-bond donors (Lipinski definition) is 0. The normalized spacial score (nSPS) is 18.3. The largest absolute Gasteiger partial charge is 0.491 e. The number of benzene rings is 1. The number of nitrogens with zero attached hydrogens (tertiary/aromatic N) is 2. The molecular formula is C22H30N2O3. The summed E-state index contributed by atoms with van der Waals surface area (Å²) in [5.74, 6) is 0.686. The van der Waals surface area contributed by atoms with Crippen LogP contribution < -0.4 is 4.74 Å². The first kappa shape index (κ1) is 19.5. The number of likely N-dealkylation sites (tertiary alicyclic amines) is 1. The molecule has 0 aromatic heterocycles.